The van der Waals surface area contributed by atoms with E-state index in [0.717, 1.165) is 6.42 Å². The maximum absolute atomic E-state index is 9.86. The van der Waals surface area contributed by atoms with Crippen molar-refractivity contribution in [1.82, 2.24) is 0 Å². The second-order valence-corrected chi connectivity index (χ2v) is 7.21. The standard InChI is InChI=1S/C26H20O/c27-21-16-14-20(15-17-21)26(18-19-8-2-1-3-9-19)24-12-6-4-10-22(24)23-11-5-7-13-25(23)26/h1-17,27H,18H2. The monoisotopic (exact) mass is 348 g/mol. The Bertz CT molecular complexity index is 1050. The van der Waals surface area contributed by atoms with E-state index in [0.29, 0.717) is 5.75 Å². The third-order valence-electron chi connectivity index (χ3n) is 5.74. The van der Waals surface area contributed by atoms with Gasteiger partial charge in [-0.15, -0.1) is 0 Å². The lowest BCUT2D eigenvalue weighted by Crippen LogP contribution is -2.29. The summed E-state index contributed by atoms with van der Waals surface area (Å²) in [7, 11) is 0. The number of benzene rings is 4. The summed E-state index contributed by atoms with van der Waals surface area (Å²) in [6, 6.07) is 35.8. The van der Waals surface area contributed by atoms with Crippen LogP contribution in [0.1, 0.15) is 22.3 Å². The van der Waals surface area contributed by atoms with Crippen molar-refractivity contribution in [2.24, 2.45) is 0 Å². The summed E-state index contributed by atoms with van der Waals surface area (Å²) in [6.07, 6.45) is 0.882. The predicted octanol–water partition coefficient (Wildman–Crippen LogP) is 5.95. The van der Waals surface area contributed by atoms with Gasteiger partial charge in [-0.1, -0.05) is 91.0 Å². The highest BCUT2D eigenvalue weighted by atomic mass is 16.3. The Kier molecular flexibility index (Phi) is 3.61. The minimum absolute atomic E-state index is 0.262. The minimum atomic E-state index is -0.262. The van der Waals surface area contributed by atoms with Crippen LogP contribution in [0.25, 0.3) is 11.1 Å². The molecule has 0 saturated heterocycles. The van der Waals surface area contributed by atoms with Crippen LogP contribution in [0.4, 0.5) is 0 Å². The first-order valence-electron chi connectivity index (χ1n) is 9.32. The predicted molar refractivity (Wildman–Crippen MR) is 110 cm³/mol. The largest absolute Gasteiger partial charge is 0.508 e. The van der Waals surface area contributed by atoms with E-state index in [1.54, 1.807) is 12.1 Å². The Balaban J connectivity index is 1.84. The van der Waals surface area contributed by atoms with Crippen LogP contribution in [0.5, 0.6) is 5.75 Å². The van der Waals surface area contributed by atoms with Crippen molar-refractivity contribution < 1.29 is 5.11 Å². The normalized spacial score (nSPS) is 13.8. The summed E-state index contributed by atoms with van der Waals surface area (Å²) >= 11 is 0. The van der Waals surface area contributed by atoms with Crippen LogP contribution >= 0.6 is 0 Å². The van der Waals surface area contributed by atoms with Gasteiger partial charge in [0, 0.05) is 0 Å². The molecule has 0 bridgehead atoms. The fourth-order valence-electron chi connectivity index (χ4n) is 4.58. The molecule has 4 aromatic rings. The molecule has 0 radical (unpaired) electrons. The smallest absolute Gasteiger partial charge is 0.115 e. The van der Waals surface area contributed by atoms with Gasteiger partial charge in [-0.25, -0.2) is 0 Å². The highest BCUT2D eigenvalue weighted by molar-refractivity contribution is 5.83. The van der Waals surface area contributed by atoms with Crippen molar-refractivity contribution in [2.75, 3.05) is 0 Å². The van der Waals surface area contributed by atoms with E-state index in [9.17, 15) is 5.11 Å². The van der Waals surface area contributed by atoms with Crippen LogP contribution in [0.2, 0.25) is 0 Å². The van der Waals surface area contributed by atoms with Crippen LogP contribution in [-0.2, 0) is 11.8 Å². The first kappa shape index (κ1) is 15.9. The second-order valence-electron chi connectivity index (χ2n) is 7.21. The zero-order valence-corrected chi connectivity index (χ0v) is 15.0. The number of hydrogen-bond acceptors (Lipinski definition) is 1. The van der Waals surface area contributed by atoms with Crippen LogP contribution in [0.3, 0.4) is 0 Å². The Hall–Kier alpha value is -3.32. The van der Waals surface area contributed by atoms with E-state index < -0.39 is 0 Å². The average molecular weight is 348 g/mol. The van der Waals surface area contributed by atoms with Gasteiger partial charge in [0.05, 0.1) is 5.41 Å². The summed E-state index contributed by atoms with van der Waals surface area (Å²) in [5.74, 6) is 0.299. The van der Waals surface area contributed by atoms with E-state index >= 15 is 0 Å². The molecule has 0 amide bonds. The molecule has 130 valence electrons. The lowest BCUT2D eigenvalue weighted by atomic mass is 9.68. The molecule has 0 unspecified atom stereocenters. The number of rotatable bonds is 3. The van der Waals surface area contributed by atoms with Crippen molar-refractivity contribution in [2.45, 2.75) is 11.8 Å². The van der Waals surface area contributed by atoms with Crippen LogP contribution in [0, 0.1) is 0 Å². The fraction of sp³-hybridized carbons (Fsp3) is 0.0769. The maximum Gasteiger partial charge on any atom is 0.115 e. The van der Waals surface area contributed by atoms with Gasteiger partial charge in [0.2, 0.25) is 0 Å². The van der Waals surface area contributed by atoms with Crippen molar-refractivity contribution >= 4 is 0 Å². The molecule has 1 aliphatic carbocycles. The molecule has 5 rings (SSSR count). The molecular formula is C26H20O. The van der Waals surface area contributed by atoms with E-state index in [-0.39, 0.29) is 5.41 Å². The van der Waals surface area contributed by atoms with E-state index in [1.165, 1.54) is 33.4 Å². The number of phenols is 1. The van der Waals surface area contributed by atoms with Crippen molar-refractivity contribution in [1.29, 1.82) is 0 Å². The summed E-state index contributed by atoms with van der Waals surface area (Å²) in [6.45, 7) is 0. The lowest BCUT2D eigenvalue weighted by molar-refractivity contribution is 0.474. The van der Waals surface area contributed by atoms with Gasteiger partial charge in [0.25, 0.3) is 0 Å². The van der Waals surface area contributed by atoms with E-state index in [1.807, 2.05) is 0 Å². The molecule has 0 heterocycles. The lowest BCUT2D eigenvalue weighted by Gasteiger charge is -2.33. The quantitative estimate of drug-likeness (QED) is 0.485. The maximum atomic E-state index is 9.86. The minimum Gasteiger partial charge on any atom is -0.508 e. The number of aromatic hydroxyl groups is 1. The van der Waals surface area contributed by atoms with Gasteiger partial charge in [-0.05, 0) is 51.9 Å². The number of phenolic OH excluding ortho intramolecular Hbond substituents is 1. The molecule has 0 atom stereocenters. The molecule has 0 spiro atoms. The first-order chi connectivity index (χ1) is 13.3. The molecule has 4 aromatic carbocycles. The van der Waals surface area contributed by atoms with Gasteiger partial charge in [0.1, 0.15) is 5.75 Å². The van der Waals surface area contributed by atoms with Crippen LogP contribution < -0.4 is 0 Å². The molecule has 27 heavy (non-hydrogen) atoms. The summed E-state index contributed by atoms with van der Waals surface area (Å²) in [5.41, 5.74) is 7.52. The molecular weight excluding hydrogens is 328 g/mol. The van der Waals surface area contributed by atoms with Crippen molar-refractivity contribution in [3.8, 4) is 16.9 Å². The fourth-order valence-corrected chi connectivity index (χ4v) is 4.58. The number of hydrogen-bond donors (Lipinski definition) is 1. The Morgan fingerprint density at radius 3 is 1.67 bits per heavy atom. The third-order valence-corrected chi connectivity index (χ3v) is 5.74. The second kappa shape index (κ2) is 6.14. The zero-order valence-electron chi connectivity index (χ0n) is 15.0. The van der Waals surface area contributed by atoms with Gasteiger partial charge >= 0.3 is 0 Å². The summed E-state index contributed by atoms with van der Waals surface area (Å²) in [4.78, 5) is 0. The van der Waals surface area contributed by atoms with Gasteiger partial charge in [-0.3, -0.25) is 0 Å². The summed E-state index contributed by atoms with van der Waals surface area (Å²) < 4.78 is 0. The zero-order chi connectivity index (χ0) is 18.3. The number of fused-ring (bicyclic) bond motifs is 3. The topological polar surface area (TPSA) is 20.2 Å². The molecule has 0 fully saturated rings. The highest BCUT2D eigenvalue weighted by Crippen LogP contribution is 2.54. The Labute approximate surface area is 159 Å². The van der Waals surface area contributed by atoms with E-state index in [2.05, 4.69) is 91.0 Å². The van der Waals surface area contributed by atoms with Gasteiger partial charge in [0.15, 0.2) is 0 Å². The molecule has 0 aromatic heterocycles. The highest BCUT2D eigenvalue weighted by Gasteiger charge is 2.44. The van der Waals surface area contributed by atoms with Crippen molar-refractivity contribution in [3.63, 3.8) is 0 Å². The van der Waals surface area contributed by atoms with E-state index in [4.69, 9.17) is 0 Å². The first-order valence-corrected chi connectivity index (χ1v) is 9.32. The molecule has 1 heteroatoms. The van der Waals surface area contributed by atoms with Crippen molar-refractivity contribution in [3.05, 3.63) is 125 Å². The van der Waals surface area contributed by atoms with Gasteiger partial charge < -0.3 is 5.11 Å². The summed E-state index contributed by atoms with van der Waals surface area (Å²) in [5, 5.41) is 9.86. The molecule has 1 N–H and O–H groups in total. The molecule has 0 aliphatic heterocycles. The Morgan fingerprint density at radius 1 is 0.556 bits per heavy atom. The molecule has 0 saturated carbocycles. The Morgan fingerprint density at radius 2 is 1.07 bits per heavy atom. The van der Waals surface area contributed by atoms with Crippen LogP contribution in [0.15, 0.2) is 103 Å². The van der Waals surface area contributed by atoms with Crippen LogP contribution in [-0.4, -0.2) is 5.11 Å². The van der Waals surface area contributed by atoms with Gasteiger partial charge in [-0.2, -0.15) is 0 Å². The molecule has 1 nitrogen and oxygen atoms in total. The SMILES string of the molecule is Oc1ccc(C2(Cc3ccccc3)c3ccccc3-c3ccccc32)cc1. The third kappa shape index (κ3) is 2.39. The molecule has 1 aliphatic rings. The average Bonchev–Trinajstić information content (AvgIpc) is 3.01.